The Morgan fingerprint density at radius 2 is 1.69 bits per heavy atom. The molecule has 1 heterocycles. The molecule has 96 valence electrons. The smallest absolute Gasteiger partial charge is 0.0200 e. The molecule has 3 unspecified atom stereocenters. The van der Waals surface area contributed by atoms with E-state index in [2.05, 4.69) is 37.9 Å². The molecule has 1 aliphatic heterocycles. The molecule has 0 aliphatic carbocycles. The summed E-state index contributed by atoms with van der Waals surface area (Å²) in [5, 5.41) is 3.75. The second kappa shape index (κ2) is 7.29. The Morgan fingerprint density at radius 3 is 2.19 bits per heavy atom. The van der Waals surface area contributed by atoms with E-state index in [4.69, 9.17) is 0 Å². The maximum Gasteiger partial charge on any atom is 0.0200 e. The van der Waals surface area contributed by atoms with Crippen molar-refractivity contribution in [1.29, 1.82) is 0 Å². The Hall–Kier alpha value is -0.0800. The second-order valence-corrected chi connectivity index (χ2v) is 5.64. The summed E-state index contributed by atoms with van der Waals surface area (Å²) in [6.07, 6.45) is 5.25. The van der Waals surface area contributed by atoms with E-state index in [-0.39, 0.29) is 0 Å². The minimum absolute atomic E-state index is 0.707. The van der Waals surface area contributed by atoms with Crippen molar-refractivity contribution in [1.82, 2.24) is 10.2 Å². The van der Waals surface area contributed by atoms with Crippen LogP contribution < -0.4 is 5.32 Å². The van der Waals surface area contributed by atoms with E-state index in [1.165, 1.54) is 45.3 Å². The highest BCUT2D eigenvalue weighted by atomic mass is 15.2. The Bertz CT molecular complexity index is 166. The zero-order chi connectivity index (χ0) is 12.0. The largest absolute Gasteiger partial charge is 0.310 e. The van der Waals surface area contributed by atoms with Crippen LogP contribution in [-0.2, 0) is 0 Å². The van der Waals surface area contributed by atoms with Crippen LogP contribution in [0, 0.1) is 5.92 Å². The summed E-state index contributed by atoms with van der Waals surface area (Å²) in [7, 11) is 0. The Labute approximate surface area is 102 Å². The van der Waals surface area contributed by atoms with Crippen LogP contribution >= 0.6 is 0 Å². The van der Waals surface area contributed by atoms with Gasteiger partial charge in [0, 0.05) is 18.6 Å². The van der Waals surface area contributed by atoms with Crippen molar-refractivity contribution in [2.45, 2.75) is 65.5 Å². The summed E-state index contributed by atoms with van der Waals surface area (Å²) in [5.74, 6) is 0.895. The molecule has 0 aromatic heterocycles. The molecular formula is C14H30N2. The molecule has 0 amide bonds. The Morgan fingerprint density at radius 1 is 1.06 bits per heavy atom. The van der Waals surface area contributed by atoms with Gasteiger partial charge in [0.25, 0.3) is 0 Å². The summed E-state index contributed by atoms with van der Waals surface area (Å²) in [6, 6.07) is 1.43. The molecule has 0 bridgehead atoms. The highest BCUT2D eigenvalue weighted by Gasteiger charge is 2.24. The minimum atomic E-state index is 0.707. The van der Waals surface area contributed by atoms with Crippen LogP contribution in [0.4, 0.5) is 0 Å². The third-order valence-electron chi connectivity index (χ3n) is 3.52. The topological polar surface area (TPSA) is 15.3 Å². The van der Waals surface area contributed by atoms with E-state index in [1.807, 2.05) is 0 Å². The number of piperidine rings is 1. The van der Waals surface area contributed by atoms with E-state index in [0.29, 0.717) is 6.04 Å². The highest BCUT2D eigenvalue weighted by molar-refractivity contribution is 4.83. The molecule has 1 aliphatic rings. The van der Waals surface area contributed by atoms with Crippen LogP contribution in [0.25, 0.3) is 0 Å². The number of nitrogens with one attached hydrogen (secondary N) is 1. The van der Waals surface area contributed by atoms with Crippen molar-refractivity contribution in [2.75, 3.05) is 19.6 Å². The van der Waals surface area contributed by atoms with Crippen LogP contribution in [0.3, 0.4) is 0 Å². The molecule has 1 fully saturated rings. The van der Waals surface area contributed by atoms with E-state index in [1.54, 1.807) is 0 Å². The Kier molecular flexibility index (Phi) is 6.37. The van der Waals surface area contributed by atoms with Gasteiger partial charge in [0.15, 0.2) is 0 Å². The van der Waals surface area contributed by atoms with Gasteiger partial charge < -0.3 is 10.2 Å². The lowest BCUT2D eigenvalue weighted by Crippen LogP contribution is -2.49. The summed E-state index contributed by atoms with van der Waals surface area (Å²) in [5.41, 5.74) is 0. The molecule has 2 heteroatoms. The normalized spacial score (nSPS) is 30.9. The summed E-state index contributed by atoms with van der Waals surface area (Å²) >= 11 is 0. The van der Waals surface area contributed by atoms with Gasteiger partial charge in [0.2, 0.25) is 0 Å². The van der Waals surface area contributed by atoms with Crippen LogP contribution in [0.5, 0.6) is 0 Å². The van der Waals surface area contributed by atoms with Crippen LogP contribution in [0.2, 0.25) is 0 Å². The van der Waals surface area contributed by atoms with Crippen molar-refractivity contribution in [3.05, 3.63) is 0 Å². The van der Waals surface area contributed by atoms with Crippen LogP contribution in [-0.4, -0.2) is 36.6 Å². The first-order valence-electron chi connectivity index (χ1n) is 7.14. The first-order valence-corrected chi connectivity index (χ1v) is 7.14. The molecule has 1 N–H and O–H groups in total. The van der Waals surface area contributed by atoms with Crippen molar-refractivity contribution < 1.29 is 0 Å². The van der Waals surface area contributed by atoms with Gasteiger partial charge in [0.1, 0.15) is 0 Å². The van der Waals surface area contributed by atoms with E-state index < -0.39 is 0 Å². The molecule has 0 aromatic rings. The minimum Gasteiger partial charge on any atom is -0.310 e. The quantitative estimate of drug-likeness (QED) is 0.749. The number of nitrogens with zero attached hydrogens (tertiary/aromatic N) is 1. The molecule has 0 saturated carbocycles. The zero-order valence-electron chi connectivity index (χ0n) is 11.6. The van der Waals surface area contributed by atoms with Gasteiger partial charge in [-0.1, -0.05) is 20.8 Å². The average Bonchev–Trinajstić information content (AvgIpc) is 2.16. The molecule has 1 rings (SSSR count). The zero-order valence-corrected chi connectivity index (χ0v) is 11.6. The van der Waals surface area contributed by atoms with Crippen molar-refractivity contribution >= 4 is 0 Å². The standard InChI is InChI=1S/C14H30N2/c1-5-7-16(8-6-2)11-14-10-12(3)9-13(4)15-14/h12-15H,5-11H2,1-4H3. The van der Waals surface area contributed by atoms with Crippen LogP contribution in [0.1, 0.15) is 53.4 Å². The molecule has 0 radical (unpaired) electrons. The lowest BCUT2D eigenvalue weighted by atomic mass is 9.89. The molecule has 3 atom stereocenters. The number of hydrogen-bond donors (Lipinski definition) is 1. The molecule has 0 aromatic carbocycles. The van der Waals surface area contributed by atoms with Gasteiger partial charge in [-0.05, 0) is 51.6 Å². The van der Waals surface area contributed by atoms with Crippen molar-refractivity contribution in [2.24, 2.45) is 5.92 Å². The predicted molar refractivity (Wildman–Crippen MR) is 71.8 cm³/mol. The lowest BCUT2D eigenvalue weighted by molar-refractivity contribution is 0.186. The summed E-state index contributed by atoms with van der Waals surface area (Å²) < 4.78 is 0. The van der Waals surface area contributed by atoms with E-state index in [9.17, 15) is 0 Å². The molecule has 2 nitrogen and oxygen atoms in total. The third kappa shape index (κ3) is 4.84. The number of rotatable bonds is 6. The fourth-order valence-electron chi connectivity index (χ4n) is 3.09. The Balaban J connectivity index is 2.37. The van der Waals surface area contributed by atoms with Gasteiger partial charge in [-0.3, -0.25) is 0 Å². The maximum atomic E-state index is 3.75. The molecular weight excluding hydrogens is 196 g/mol. The second-order valence-electron chi connectivity index (χ2n) is 5.64. The van der Waals surface area contributed by atoms with Gasteiger partial charge in [-0.15, -0.1) is 0 Å². The first kappa shape index (κ1) is 14.0. The lowest BCUT2D eigenvalue weighted by Gasteiger charge is -2.36. The SMILES string of the molecule is CCCN(CCC)CC1CC(C)CC(C)N1. The highest BCUT2D eigenvalue weighted by Crippen LogP contribution is 2.20. The average molecular weight is 226 g/mol. The van der Waals surface area contributed by atoms with Crippen molar-refractivity contribution in [3.8, 4) is 0 Å². The van der Waals surface area contributed by atoms with Gasteiger partial charge in [0.05, 0.1) is 0 Å². The first-order chi connectivity index (χ1) is 7.65. The third-order valence-corrected chi connectivity index (χ3v) is 3.52. The number of hydrogen-bond acceptors (Lipinski definition) is 2. The fourth-order valence-corrected chi connectivity index (χ4v) is 3.09. The monoisotopic (exact) mass is 226 g/mol. The van der Waals surface area contributed by atoms with Gasteiger partial charge in [-0.2, -0.15) is 0 Å². The van der Waals surface area contributed by atoms with Gasteiger partial charge >= 0.3 is 0 Å². The summed E-state index contributed by atoms with van der Waals surface area (Å²) in [4.78, 5) is 2.63. The predicted octanol–water partition coefficient (Wildman–Crippen LogP) is 2.89. The van der Waals surface area contributed by atoms with E-state index in [0.717, 1.165) is 12.0 Å². The van der Waals surface area contributed by atoms with E-state index >= 15 is 0 Å². The fraction of sp³-hybridized carbons (Fsp3) is 1.00. The molecule has 0 spiro atoms. The molecule has 1 saturated heterocycles. The maximum absolute atomic E-state index is 3.75. The van der Waals surface area contributed by atoms with Gasteiger partial charge in [-0.25, -0.2) is 0 Å². The van der Waals surface area contributed by atoms with Crippen LogP contribution in [0.15, 0.2) is 0 Å². The molecule has 16 heavy (non-hydrogen) atoms. The van der Waals surface area contributed by atoms with Crippen molar-refractivity contribution in [3.63, 3.8) is 0 Å². The summed E-state index contributed by atoms with van der Waals surface area (Å²) in [6.45, 7) is 13.0.